The molecule has 178 valence electrons. The van der Waals surface area contributed by atoms with Crippen LogP contribution in [0, 0.1) is 28.6 Å². The van der Waals surface area contributed by atoms with E-state index in [2.05, 4.69) is 26.0 Å². The molecular formula is C28H36O5. The van der Waals surface area contributed by atoms with Crippen LogP contribution in [0.25, 0.3) is 0 Å². The average Bonchev–Trinajstić information content (AvgIpc) is 3.22. The first kappa shape index (κ1) is 23.9. The molecule has 2 aliphatic carbocycles. The minimum Gasteiger partial charge on any atom is -0.460 e. The number of esters is 1. The second kappa shape index (κ2) is 7.64. The van der Waals surface area contributed by atoms with Crippen LogP contribution in [0.5, 0.6) is 0 Å². The van der Waals surface area contributed by atoms with Crippen molar-refractivity contribution in [3.05, 3.63) is 60.3 Å². The van der Waals surface area contributed by atoms with Gasteiger partial charge in [0.25, 0.3) is 0 Å². The lowest BCUT2D eigenvalue weighted by Crippen LogP contribution is -2.44. The van der Waals surface area contributed by atoms with Gasteiger partial charge in [-0.2, -0.15) is 0 Å². The summed E-state index contributed by atoms with van der Waals surface area (Å²) in [6, 6.07) is 0. The molecule has 0 spiro atoms. The number of hydrogen-bond donors (Lipinski definition) is 1. The monoisotopic (exact) mass is 452 g/mol. The highest BCUT2D eigenvalue weighted by molar-refractivity contribution is 6.10. The second-order valence-electron chi connectivity index (χ2n) is 11.0. The maximum atomic E-state index is 12.6. The van der Waals surface area contributed by atoms with E-state index < -0.39 is 34.1 Å². The molecule has 3 fully saturated rings. The summed E-state index contributed by atoms with van der Waals surface area (Å²) in [6.45, 7) is 13.4. The van der Waals surface area contributed by atoms with Crippen LogP contribution in [0.3, 0.4) is 0 Å². The van der Waals surface area contributed by atoms with Crippen LogP contribution >= 0.6 is 0 Å². The molecule has 5 nitrogen and oxygen atoms in total. The predicted octanol–water partition coefficient (Wildman–Crippen LogP) is 4.49. The summed E-state index contributed by atoms with van der Waals surface area (Å²) in [5.74, 6) is -0.607. The first-order valence-electron chi connectivity index (χ1n) is 11.8. The number of ether oxygens (including phenoxy) is 2. The average molecular weight is 453 g/mol. The summed E-state index contributed by atoms with van der Waals surface area (Å²) in [6.07, 6.45) is 17.2. The van der Waals surface area contributed by atoms with E-state index in [-0.39, 0.29) is 29.6 Å². The minimum absolute atomic E-state index is 0.0120. The molecule has 9 atom stereocenters. The summed E-state index contributed by atoms with van der Waals surface area (Å²) in [7, 11) is 0. The second-order valence-corrected chi connectivity index (χ2v) is 11.0. The molecule has 33 heavy (non-hydrogen) atoms. The maximum Gasteiger partial charge on any atom is 0.320 e. The van der Waals surface area contributed by atoms with Crippen molar-refractivity contribution in [1.29, 1.82) is 0 Å². The van der Waals surface area contributed by atoms with Crippen LogP contribution in [0.1, 0.15) is 48.5 Å². The van der Waals surface area contributed by atoms with Gasteiger partial charge in [0.05, 0.1) is 23.2 Å². The van der Waals surface area contributed by atoms with Crippen LogP contribution < -0.4 is 0 Å². The number of fused-ring (bicyclic) bond motifs is 3. The molecule has 0 aromatic rings. The predicted molar refractivity (Wildman–Crippen MR) is 127 cm³/mol. The molecule has 1 saturated carbocycles. The van der Waals surface area contributed by atoms with Gasteiger partial charge in [-0.25, -0.2) is 0 Å². The van der Waals surface area contributed by atoms with E-state index in [1.54, 1.807) is 6.92 Å². The zero-order valence-corrected chi connectivity index (χ0v) is 20.7. The molecule has 4 aliphatic rings. The number of ketones is 1. The summed E-state index contributed by atoms with van der Waals surface area (Å²) in [4.78, 5) is 24.9. The lowest BCUT2D eigenvalue weighted by atomic mass is 9.68. The normalized spacial score (nSPS) is 49.3. The Labute approximate surface area is 196 Å². The maximum absolute atomic E-state index is 12.6. The highest BCUT2D eigenvalue weighted by atomic mass is 16.6. The Morgan fingerprint density at radius 1 is 0.970 bits per heavy atom. The number of allylic oxidation sites excluding steroid dienone is 8. The van der Waals surface area contributed by atoms with E-state index in [9.17, 15) is 14.7 Å². The van der Waals surface area contributed by atoms with Gasteiger partial charge in [-0.1, -0.05) is 74.1 Å². The standard InChI is InChI=1S/C28H36O5/c1-17-16-26(5)21(28(7,31)19(3)33-26)20(17)14-12-10-8-9-11-13-15-25(4)23-18(2)22(29)27(25,6)24(30)32-23/h8-16,18-21,23,31H,1-7H3/b10-8+,11-9+,14-12+,15-13+/t18-,19+,20-,21+,23-,25+,26-,27-,28-/m1/s1. The fourth-order valence-electron chi connectivity index (χ4n) is 6.72. The van der Waals surface area contributed by atoms with Crippen LogP contribution in [-0.4, -0.2) is 40.3 Å². The molecule has 0 aromatic carbocycles. The van der Waals surface area contributed by atoms with Gasteiger partial charge in [-0.3, -0.25) is 9.59 Å². The molecule has 1 N–H and O–H groups in total. The van der Waals surface area contributed by atoms with Crippen LogP contribution in [0.15, 0.2) is 60.3 Å². The first-order valence-corrected chi connectivity index (χ1v) is 11.8. The minimum atomic E-state index is -1.11. The SMILES string of the molecule is CC1=C[C@@]2(C)O[C@@H](C)[C@@](C)(O)[C@H]2[C@@H]1/C=C/C=C/C=C/C=C/[C@@]1(C)[C@@H]2OC(=O)[C@@]1(C)C(=O)[C@H]2C. The largest absolute Gasteiger partial charge is 0.460 e. The molecule has 2 saturated heterocycles. The van der Waals surface area contributed by atoms with Gasteiger partial charge in [0, 0.05) is 17.3 Å². The Morgan fingerprint density at radius 3 is 2.21 bits per heavy atom. The quantitative estimate of drug-likeness (QED) is 0.288. The molecular weight excluding hydrogens is 416 g/mol. The number of carbonyl (C=O) groups excluding carboxylic acids is 2. The van der Waals surface area contributed by atoms with E-state index in [0.29, 0.717) is 0 Å². The molecule has 0 radical (unpaired) electrons. The lowest BCUT2D eigenvalue weighted by Gasteiger charge is -2.33. The molecule has 2 heterocycles. The summed E-state index contributed by atoms with van der Waals surface area (Å²) >= 11 is 0. The smallest absolute Gasteiger partial charge is 0.320 e. The van der Waals surface area contributed by atoms with Gasteiger partial charge < -0.3 is 14.6 Å². The Morgan fingerprint density at radius 2 is 1.58 bits per heavy atom. The topological polar surface area (TPSA) is 72.8 Å². The Bertz CT molecular complexity index is 1010. The van der Waals surface area contributed by atoms with Gasteiger partial charge in [-0.15, -0.1) is 0 Å². The zero-order valence-electron chi connectivity index (χ0n) is 20.7. The summed E-state index contributed by atoms with van der Waals surface area (Å²) in [5.41, 5.74) is -1.85. The molecule has 2 aliphatic heterocycles. The fourth-order valence-corrected chi connectivity index (χ4v) is 6.72. The third-order valence-corrected chi connectivity index (χ3v) is 8.89. The number of carbonyl (C=O) groups is 2. The van der Waals surface area contributed by atoms with Crippen molar-refractivity contribution in [3.8, 4) is 0 Å². The van der Waals surface area contributed by atoms with Gasteiger partial charge in [-0.05, 0) is 34.6 Å². The van der Waals surface area contributed by atoms with Crippen molar-refractivity contribution in [2.24, 2.45) is 28.6 Å². The van der Waals surface area contributed by atoms with E-state index in [1.807, 2.05) is 70.2 Å². The van der Waals surface area contributed by atoms with Crippen molar-refractivity contribution in [2.75, 3.05) is 0 Å². The van der Waals surface area contributed by atoms with E-state index in [0.717, 1.165) is 0 Å². The van der Waals surface area contributed by atoms with Gasteiger partial charge >= 0.3 is 5.97 Å². The molecule has 2 bridgehead atoms. The summed E-state index contributed by atoms with van der Waals surface area (Å²) < 4.78 is 11.6. The number of rotatable bonds is 5. The van der Waals surface area contributed by atoms with E-state index in [1.165, 1.54) is 5.57 Å². The first-order chi connectivity index (χ1) is 15.3. The molecule has 0 aromatic heterocycles. The zero-order chi connectivity index (χ0) is 24.4. The molecule has 0 amide bonds. The van der Waals surface area contributed by atoms with Crippen LogP contribution in [0.4, 0.5) is 0 Å². The Hall–Kier alpha value is -2.24. The van der Waals surface area contributed by atoms with E-state index in [4.69, 9.17) is 9.47 Å². The number of Topliss-reactive ketones (excluding diaryl/α,β-unsaturated/α-hetero) is 1. The highest BCUT2D eigenvalue weighted by Crippen LogP contribution is 2.60. The van der Waals surface area contributed by atoms with Gasteiger partial charge in [0.2, 0.25) is 0 Å². The lowest BCUT2D eigenvalue weighted by molar-refractivity contribution is -0.161. The van der Waals surface area contributed by atoms with Crippen molar-refractivity contribution in [1.82, 2.24) is 0 Å². The number of hydrogen-bond acceptors (Lipinski definition) is 5. The van der Waals surface area contributed by atoms with Crippen LogP contribution in [0.2, 0.25) is 0 Å². The third-order valence-electron chi connectivity index (χ3n) is 8.89. The van der Waals surface area contributed by atoms with Crippen molar-refractivity contribution in [2.45, 2.75) is 71.9 Å². The van der Waals surface area contributed by atoms with Crippen LogP contribution in [-0.2, 0) is 19.1 Å². The number of aliphatic hydroxyl groups is 1. The Balaban J connectivity index is 1.39. The van der Waals surface area contributed by atoms with E-state index >= 15 is 0 Å². The Kier molecular flexibility index (Phi) is 5.53. The fraction of sp³-hybridized carbons (Fsp3) is 0.571. The third kappa shape index (κ3) is 3.19. The molecule has 5 heteroatoms. The molecule has 0 unspecified atom stereocenters. The molecule has 4 rings (SSSR count). The van der Waals surface area contributed by atoms with Crippen molar-refractivity contribution < 1.29 is 24.2 Å². The van der Waals surface area contributed by atoms with Crippen molar-refractivity contribution in [3.63, 3.8) is 0 Å². The van der Waals surface area contributed by atoms with Gasteiger partial charge in [0.15, 0.2) is 5.78 Å². The highest BCUT2D eigenvalue weighted by Gasteiger charge is 2.73. The van der Waals surface area contributed by atoms with Crippen molar-refractivity contribution >= 4 is 11.8 Å². The van der Waals surface area contributed by atoms with Gasteiger partial charge in [0.1, 0.15) is 11.5 Å². The summed E-state index contributed by atoms with van der Waals surface area (Å²) in [5, 5.41) is 11.0.